The Morgan fingerprint density at radius 2 is 1.77 bits per heavy atom. The van der Waals surface area contributed by atoms with E-state index < -0.39 is 0 Å². The van der Waals surface area contributed by atoms with E-state index in [9.17, 15) is 9.59 Å². The molecule has 2 aromatic rings. The quantitative estimate of drug-likeness (QED) is 0.716. The average Bonchev–Trinajstić information content (AvgIpc) is 2.66. The SMILES string of the molecule is CCc1ccc(C(C)NC(=O)CNc2cccc(C(=O)NC)c2C)cc1. The molecular weight excluding hydrogens is 326 g/mol. The maximum Gasteiger partial charge on any atom is 0.251 e. The van der Waals surface area contributed by atoms with E-state index >= 15 is 0 Å². The molecule has 0 saturated heterocycles. The molecule has 0 aliphatic carbocycles. The normalized spacial score (nSPS) is 11.5. The summed E-state index contributed by atoms with van der Waals surface area (Å²) in [6.07, 6.45) is 0.999. The predicted octanol–water partition coefficient (Wildman–Crippen LogP) is 3.21. The van der Waals surface area contributed by atoms with Crippen molar-refractivity contribution in [3.05, 3.63) is 64.7 Å². The summed E-state index contributed by atoms with van der Waals surface area (Å²) < 4.78 is 0. The first kappa shape index (κ1) is 19.5. The molecule has 0 aromatic heterocycles. The fourth-order valence-electron chi connectivity index (χ4n) is 2.80. The number of amides is 2. The minimum absolute atomic E-state index is 0.0616. The second kappa shape index (κ2) is 9.04. The summed E-state index contributed by atoms with van der Waals surface area (Å²) in [5.41, 5.74) is 4.56. The van der Waals surface area contributed by atoms with Crippen molar-refractivity contribution in [1.82, 2.24) is 10.6 Å². The molecule has 138 valence electrons. The summed E-state index contributed by atoms with van der Waals surface area (Å²) in [6.45, 7) is 6.10. The summed E-state index contributed by atoms with van der Waals surface area (Å²) in [6, 6.07) is 13.6. The molecule has 26 heavy (non-hydrogen) atoms. The number of anilines is 1. The van der Waals surface area contributed by atoms with Gasteiger partial charge in [-0.05, 0) is 49.1 Å². The monoisotopic (exact) mass is 353 g/mol. The van der Waals surface area contributed by atoms with Crippen LogP contribution in [0.25, 0.3) is 0 Å². The summed E-state index contributed by atoms with van der Waals surface area (Å²) in [7, 11) is 1.60. The van der Waals surface area contributed by atoms with Crippen LogP contribution in [-0.4, -0.2) is 25.4 Å². The molecule has 0 aliphatic heterocycles. The van der Waals surface area contributed by atoms with Crippen molar-refractivity contribution in [2.24, 2.45) is 0 Å². The number of benzene rings is 2. The van der Waals surface area contributed by atoms with Gasteiger partial charge in [-0.1, -0.05) is 37.3 Å². The first-order valence-corrected chi connectivity index (χ1v) is 8.90. The number of hydrogen-bond donors (Lipinski definition) is 3. The Morgan fingerprint density at radius 3 is 2.38 bits per heavy atom. The summed E-state index contributed by atoms with van der Waals surface area (Å²) in [4.78, 5) is 24.1. The van der Waals surface area contributed by atoms with Crippen LogP contribution in [0.4, 0.5) is 5.69 Å². The zero-order valence-corrected chi connectivity index (χ0v) is 15.8. The van der Waals surface area contributed by atoms with E-state index in [1.54, 1.807) is 19.2 Å². The van der Waals surface area contributed by atoms with Crippen molar-refractivity contribution < 1.29 is 9.59 Å². The summed E-state index contributed by atoms with van der Waals surface area (Å²) >= 11 is 0. The van der Waals surface area contributed by atoms with Crippen LogP contribution in [0.15, 0.2) is 42.5 Å². The van der Waals surface area contributed by atoms with Crippen LogP contribution in [0.5, 0.6) is 0 Å². The fourth-order valence-corrected chi connectivity index (χ4v) is 2.80. The number of aryl methyl sites for hydroxylation is 1. The average molecular weight is 353 g/mol. The molecule has 0 heterocycles. The van der Waals surface area contributed by atoms with Gasteiger partial charge < -0.3 is 16.0 Å². The van der Waals surface area contributed by atoms with Gasteiger partial charge >= 0.3 is 0 Å². The second-order valence-electron chi connectivity index (χ2n) is 6.30. The molecule has 2 rings (SSSR count). The smallest absolute Gasteiger partial charge is 0.251 e. The second-order valence-corrected chi connectivity index (χ2v) is 6.30. The highest BCUT2D eigenvalue weighted by Crippen LogP contribution is 2.19. The van der Waals surface area contributed by atoms with Crippen LogP contribution in [-0.2, 0) is 11.2 Å². The number of hydrogen-bond acceptors (Lipinski definition) is 3. The van der Waals surface area contributed by atoms with Gasteiger partial charge in [-0.2, -0.15) is 0 Å². The van der Waals surface area contributed by atoms with Crippen LogP contribution in [0.1, 0.15) is 46.9 Å². The van der Waals surface area contributed by atoms with E-state index in [-0.39, 0.29) is 24.4 Å². The Labute approximate surface area is 155 Å². The molecule has 0 aliphatic rings. The summed E-state index contributed by atoms with van der Waals surface area (Å²) in [5.74, 6) is -0.235. The van der Waals surface area contributed by atoms with Gasteiger partial charge in [0.1, 0.15) is 0 Å². The number of rotatable bonds is 7. The molecule has 5 nitrogen and oxygen atoms in total. The minimum atomic E-state index is -0.139. The Hall–Kier alpha value is -2.82. The lowest BCUT2D eigenvalue weighted by atomic mass is 10.0. The maximum atomic E-state index is 12.3. The van der Waals surface area contributed by atoms with E-state index in [0.29, 0.717) is 5.56 Å². The van der Waals surface area contributed by atoms with Gasteiger partial charge in [-0.25, -0.2) is 0 Å². The third kappa shape index (κ3) is 4.85. The van der Waals surface area contributed by atoms with Crippen LogP contribution >= 0.6 is 0 Å². The molecule has 0 spiro atoms. The van der Waals surface area contributed by atoms with E-state index in [1.165, 1.54) is 5.56 Å². The topological polar surface area (TPSA) is 70.2 Å². The predicted molar refractivity (Wildman–Crippen MR) is 105 cm³/mol. The molecular formula is C21H27N3O2. The van der Waals surface area contributed by atoms with E-state index in [4.69, 9.17) is 0 Å². The number of carbonyl (C=O) groups is 2. The molecule has 3 N–H and O–H groups in total. The highest BCUT2D eigenvalue weighted by molar-refractivity contribution is 5.97. The van der Waals surface area contributed by atoms with Crippen molar-refractivity contribution >= 4 is 17.5 Å². The van der Waals surface area contributed by atoms with Gasteiger partial charge in [0.25, 0.3) is 5.91 Å². The largest absolute Gasteiger partial charge is 0.376 e. The van der Waals surface area contributed by atoms with Gasteiger partial charge in [0.05, 0.1) is 12.6 Å². The lowest BCUT2D eigenvalue weighted by molar-refractivity contribution is -0.120. The van der Waals surface area contributed by atoms with Crippen LogP contribution in [0.3, 0.4) is 0 Å². The number of nitrogens with one attached hydrogen (secondary N) is 3. The molecule has 0 fully saturated rings. The van der Waals surface area contributed by atoms with Gasteiger partial charge in [0.2, 0.25) is 5.91 Å². The fraction of sp³-hybridized carbons (Fsp3) is 0.333. The molecule has 0 saturated carbocycles. The van der Waals surface area contributed by atoms with Gasteiger partial charge in [-0.15, -0.1) is 0 Å². The van der Waals surface area contributed by atoms with Crippen LogP contribution < -0.4 is 16.0 Å². The zero-order chi connectivity index (χ0) is 19.1. The van der Waals surface area contributed by atoms with Crippen LogP contribution in [0, 0.1) is 6.92 Å². The first-order chi connectivity index (χ1) is 12.5. The lowest BCUT2D eigenvalue weighted by Gasteiger charge is -2.16. The zero-order valence-electron chi connectivity index (χ0n) is 15.8. The highest BCUT2D eigenvalue weighted by atomic mass is 16.2. The standard InChI is InChI=1S/C21H27N3O2/c1-5-16-9-11-17(12-10-16)15(3)24-20(25)13-23-19-8-6-7-18(14(19)2)21(26)22-4/h6-12,15,23H,5,13H2,1-4H3,(H,22,26)(H,24,25). The molecule has 0 bridgehead atoms. The molecule has 2 aromatic carbocycles. The molecule has 2 amide bonds. The van der Waals surface area contributed by atoms with Crippen molar-refractivity contribution in [1.29, 1.82) is 0 Å². The van der Waals surface area contributed by atoms with Gasteiger partial charge in [0.15, 0.2) is 0 Å². The van der Waals surface area contributed by atoms with Crippen molar-refractivity contribution in [3.63, 3.8) is 0 Å². The first-order valence-electron chi connectivity index (χ1n) is 8.90. The van der Waals surface area contributed by atoms with E-state index in [2.05, 4.69) is 35.0 Å². The van der Waals surface area contributed by atoms with Crippen LogP contribution in [0.2, 0.25) is 0 Å². The van der Waals surface area contributed by atoms with E-state index in [0.717, 1.165) is 23.2 Å². The Kier molecular flexibility index (Phi) is 6.78. The maximum absolute atomic E-state index is 12.3. The Bertz CT molecular complexity index is 769. The lowest BCUT2D eigenvalue weighted by Crippen LogP contribution is -2.32. The molecule has 1 atom stereocenters. The highest BCUT2D eigenvalue weighted by Gasteiger charge is 2.12. The van der Waals surface area contributed by atoms with E-state index in [1.807, 2.05) is 32.0 Å². The van der Waals surface area contributed by atoms with Gasteiger partial charge in [-0.3, -0.25) is 9.59 Å². The Morgan fingerprint density at radius 1 is 1.08 bits per heavy atom. The minimum Gasteiger partial charge on any atom is -0.376 e. The van der Waals surface area contributed by atoms with Crippen molar-refractivity contribution in [2.45, 2.75) is 33.2 Å². The number of carbonyl (C=O) groups excluding carboxylic acids is 2. The Balaban J connectivity index is 1.95. The van der Waals surface area contributed by atoms with Gasteiger partial charge in [0, 0.05) is 18.3 Å². The molecule has 1 unspecified atom stereocenters. The third-order valence-corrected chi connectivity index (χ3v) is 4.51. The molecule has 5 heteroatoms. The van der Waals surface area contributed by atoms with Crippen molar-refractivity contribution in [3.8, 4) is 0 Å². The third-order valence-electron chi connectivity index (χ3n) is 4.51. The molecule has 0 radical (unpaired) electrons. The van der Waals surface area contributed by atoms with Crippen molar-refractivity contribution in [2.75, 3.05) is 18.9 Å². The summed E-state index contributed by atoms with van der Waals surface area (Å²) in [5, 5.41) is 8.73.